The molecule has 23 heavy (non-hydrogen) atoms. The van der Waals surface area contributed by atoms with E-state index in [-0.39, 0.29) is 6.10 Å². The minimum atomic E-state index is 0.226. The minimum absolute atomic E-state index is 0.226. The molecule has 0 unspecified atom stereocenters. The average Bonchev–Trinajstić information content (AvgIpc) is 3.28. The van der Waals surface area contributed by atoms with E-state index >= 15 is 0 Å². The van der Waals surface area contributed by atoms with E-state index in [1.165, 1.54) is 12.8 Å². The Morgan fingerprint density at radius 3 is 2.96 bits per heavy atom. The molecule has 1 aliphatic rings. The zero-order valence-corrected chi connectivity index (χ0v) is 12.8. The molecule has 7 heteroatoms. The van der Waals surface area contributed by atoms with Crippen molar-refractivity contribution in [2.24, 2.45) is 0 Å². The summed E-state index contributed by atoms with van der Waals surface area (Å²) in [6, 6.07) is 5.59. The number of ether oxygens (including phenoxy) is 1. The molecule has 0 aliphatic heterocycles. The van der Waals surface area contributed by atoms with Crippen LogP contribution in [0.1, 0.15) is 31.4 Å². The summed E-state index contributed by atoms with van der Waals surface area (Å²) >= 11 is 0. The van der Waals surface area contributed by atoms with Crippen LogP contribution >= 0.6 is 0 Å². The van der Waals surface area contributed by atoms with Crippen molar-refractivity contribution in [1.82, 2.24) is 25.3 Å². The van der Waals surface area contributed by atoms with Gasteiger partial charge in [0.05, 0.1) is 5.56 Å². The fraction of sp³-hybridized carbons (Fsp3) is 0.375. The largest absolute Gasteiger partial charge is 0.474 e. The zero-order chi connectivity index (χ0) is 15.6. The van der Waals surface area contributed by atoms with E-state index in [1.807, 2.05) is 25.1 Å². The van der Waals surface area contributed by atoms with Crippen LogP contribution in [0.3, 0.4) is 0 Å². The van der Waals surface area contributed by atoms with Crippen LogP contribution in [0.5, 0.6) is 5.88 Å². The summed E-state index contributed by atoms with van der Waals surface area (Å²) in [6.07, 6.45) is 6.49. The first-order valence-electron chi connectivity index (χ1n) is 7.78. The van der Waals surface area contributed by atoms with Gasteiger partial charge in [0.15, 0.2) is 5.69 Å². The maximum Gasteiger partial charge on any atom is 0.278 e. The Kier molecular flexibility index (Phi) is 3.53. The van der Waals surface area contributed by atoms with Crippen molar-refractivity contribution >= 4 is 0 Å². The van der Waals surface area contributed by atoms with Crippen molar-refractivity contribution in [3.05, 3.63) is 30.1 Å². The molecule has 1 fully saturated rings. The van der Waals surface area contributed by atoms with Crippen molar-refractivity contribution in [3.63, 3.8) is 0 Å². The van der Waals surface area contributed by atoms with E-state index in [4.69, 9.17) is 9.26 Å². The van der Waals surface area contributed by atoms with Crippen molar-refractivity contribution < 1.29 is 9.26 Å². The fourth-order valence-corrected chi connectivity index (χ4v) is 2.78. The summed E-state index contributed by atoms with van der Waals surface area (Å²) in [5, 5.41) is 11.0. The van der Waals surface area contributed by atoms with E-state index in [2.05, 4.69) is 25.3 Å². The first-order chi connectivity index (χ1) is 11.3. The molecule has 118 valence electrons. The highest BCUT2D eigenvalue weighted by Gasteiger charge is 2.21. The molecular formula is C16H17N5O2. The second-order valence-electron chi connectivity index (χ2n) is 5.74. The second-order valence-corrected chi connectivity index (χ2v) is 5.74. The summed E-state index contributed by atoms with van der Waals surface area (Å²) in [7, 11) is 0. The van der Waals surface area contributed by atoms with Gasteiger partial charge in [-0.3, -0.25) is 5.10 Å². The highest BCUT2D eigenvalue weighted by atomic mass is 16.5. The summed E-state index contributed by atoms with van der Waals surface area (Å²) in [6.45, 7) is 1.92. The highest BCUT2D eigenvalue weighted by Crippen LogP contribution is 2.30. The smallest absolute Gasteiger partial charge is 0.278 e. The Bertz CT molecular complexity index is 804. The highest BCUT2D eigenvalue weighted by molar-refractivity contribution is 5.62. The van der Waals surface area contributed by atoms with Crippen molar-refractivity contribution in [1.29, 1.82) is 0 Å². The van der Waals surface area contributed by atoms with Gasteiger partial charge in [-0.15, -0.1) is 0 Å². The van der Waals surface area contributed by atoms with Crippen molar-refractivity contribution in [2.45, 2.75) is 38.7 Å². The van der Waals surface area contributed by atoms with Crippen LogP contribution in [0.25, 0.3) is 23.0 Å². The predicted molar refractivity (Wildman–Crippen MR) is 82.7 cm³/mol. The van der Waals surface area contributed by atoms with Gasteiger partial charge in [0.2, 0.25) is 11.7 Å². The molecule has 0 amide bonds. The third kappa shape index (κ3) is 2.81. The van der Waals surface area contributed by atoms with Gasteiger partial charge < -0.3 is 9.26 Å². The number of nitrogens with one attached hydrogen (secondary N) is 1. The van der Waals surface area contributed by atoms with Crippen molar-refractivity contribution in [2.75, 3.05) is 0 Å². The fourth-order valence-electron chi connectivity index (χ4n) is 2.78. The van der Waals surface area contributed by atoms with Crippen LogP contribution < -0.4 is 4.74 Å². The lowest BCUT2D eigenvalue weighted by Gasteiger charge is -2.13. The van der Waals surface area contributed by atoms with Gasteiger partial charge >= 0.3 is 0 Å². The van der Waals surface area contributed by atoms with Crippen LogP contribution in [-0.2, 0) is 0 Å². The number of nitrogens with zero attached hydrogens (tertiary/aromatic N) is 4. The van der Waals surface area contributed by atoms with Gasteiger partial charge in [-0.05, 0) is 50.8 Å². The predicted octanol–water partition coefficient (Wildman–Crippen LogP) is 3.15. The third-order valence-corrected chi connectivity index (χ3v) is 3.94. The number of pyridine rings is 1. The lowest BCUT2D eigenvalue weighted by molar-refractivity contribution is 0.202. The molecule has 3 aromatic heterocycles. The molecule has 1 aliphatic carbocycles. The number of aromatic amines is 1. The molecule has 1 saturated carbocycles. The molecule has 3 heterocycles. The molecule has 0 atom stereocenters. The molecule has 3 aromatic rings. The Balaban J connectivity index is 1.64. The second kappa shape index (κ2) is 5.83. The van der Waals surface area contributed by atoms with Gasteiger partial charge in [0.1, 0.15) is 6.10 Å². The number of hydrogen-bond acceptors (Lipinski definition) is 6. The first-order valence-corrected chi connectivity index (χ1v) is 7.78. The number of aryl methyl sites for hydroxylation is 1. The van der Waals surface area contributed by atoms with Gasteiger partial charge in [-0.2, -0.15) is 10.1 Å². The van der Waals surface area contributed by atoms with Crippen LogP contribution in [0.2, 0.25) is 0 Å². The summed E-state index contributed by atoms with van der Waals surface area (Å²) < 4.78 is 11.3. The van der Waals surface area contributed by atoms with E-state index in [0.717, 1.165) is 24.1 Å². The molecule has 0 radical (unpaired) electrons. The summed E-state index contributed by atoms with van der Waals surface area (Å²) in [4.78, 5) is 8.76. The summed E-state index contributed by atoms with van der Waals surface area (Å²) in [5.41, 5.74) is 2.30. The lowest BCUT2D eigenvalue weighted by Crippen LogP contribution is -2.12. The molecule has 4 rings (SSSR count). The quantitative estimate of drug-likeness (QED) is 0.796. The Morgan fingerprint density at radius 2 is 2.17 bits per heavy atom. The maximum absolute atomic E-state index is 6.03. The monoisotopic (exact) mass is 311 g/mol. The average molecular weight is 311 g/mol. The number of H-pyrrole nitrogens is 1. The maximum atomic E-state index is 6.03. The Labute approximate surface area is 133 Å². The number of hydrogen-bond donors (Lipinski definition) is 1. The van der Waals surface area contributed by atoms with Gasteiger partial charge in [0.25, 0.3) is 5.89 Å². The van der Waals surface area contributed by atoms with Gasteiger partial charge in [0, 0.05) is 11.9 Å². The van der Waals surface area contributed by atoms with Crippen LogP contribution in [0, 0.1) is 6.92 Å². The molecular weight excluding hydrogens is 294 g/mol. The standard InChI is InChI=1S/C16H17N5O2/c1-10-9-13(20-19-10)16-18-14(21-23-16)12-7-4-8-17-15(12)22-11-5-2-3-6-11/h4,7-9,11H,2-3,5-6H2,1H3,(H,19,20). The van der Waals surface area contributed by atoms with Gasteiger partial charge in [-0.25, -0.2) is 4.98 Å². The van der Waals surface area contributed by atoms with Crippen LogP contribution in [-0.4, -0.2) is 31.4 Å². The van der Waals surface area contributed by atoms with Crippen LogP contribution in [0.15, 0.2) is 28.9 Å². The molecule has 0 aromatic carbocycles. The normalized spacial score (nSPS) is 15.2. The third-order valence-electron chi connectivity index (χ3n) is 3.94. The molecule has 7 nitrogen and oxygen atoms in total. The minimum Gasteiger partial charge on any atom is -0.474 e. The van der Waals surface area contributed by atoms with E-state index < -0.39 is 0 Å². The summed E-state index contributed by atoms with van der Waals surface area (Å²) in [5.74, 6) is 1.40. The Hall–Kier alpha value is -2.70. The van der Waals surface area contributed by atoms with E-state index in [1.54, 1.807) is 6.20 Å². The SMILES string of the molecule is Cc1cc(-c2nc(-c3cccnc3OC3CCCC3)no2)n[nH]1. The number of aromatic nitrogens is 5. The first kappa shape index (κ1) is 13.9. The van der Waals surface area contributed by atoms with E-state index in [0.29, 0.717) is 23.3 Å². The Morgan fingerprint density at radius 1 is 1.30 bits per heavy atom. The van der Waals surface area contributed by atoms with E-state index in [9.17, 15) is 0 Å². The van der Waals surface area contributed by atoms with Crippen LogP contribution in [0.4, 0.5) is 0 Å². The van der Waals surface area contributed by atoms with Gasteiger partial charge in [-0.1, -0.05) is 5.16 Å². The molecule has 0 spiro atoms. The van der Waals surface area contributed by atoms with Crippen molar-refractivity contribution in [3.8, 4) is 28.9 Å². The molecule has 0 saturated heterocycles. The lowest BCUT2D eigenvalue weighted by atomic mass is 10.2. The topological polar surface area (TPSA) is 89.7 Å². The zero-order valence-electron chi connectivity index (χ0n) is 12.8. The molecule has 0 bridgehead atoms. The molecule has 1 N–H and O–H groups in total. The number of rotatable bonds is 4.